The van der Waals surface area contributed by atoms with E-state index >= 15 is 0 Å². The molecule has 7 heteroatoms. The second-order valence-electron chi connectivity index (χ2n) is 5.61. The first-order valence-corrected chi connectivity index (χ1v) is 7.18. The van der Waals surface area contributed by atoms with Gasteiger partial charge in [0.2, 0.25) is 0 Å². The molecule has 3 rings (SSSR count). The summed E-state index contributed by atoms with van der Waals surface area (Å²) in [7, 11) is 0. The van der Waals surface area contributed by atoms with Gasteiger partial charge in [0.25, 0.3) is 0 Å². The SMILES string of the molecule is O=C(O)[C@@H]1C[C@]2(C(=O)O)CCCN2[C@@H]1c1cccnc1Cl. The van der Waals surface area contributed by atoms with Crippen molar-refractivity contribution in [2.75, 3.05) is 6.54 Å². The summed E-state index contributed by atoms with van der Waals surface area (Å²) in [6.07, 6.45) is 2.85. The number of aliphatic carboxylic acids is 2. The Kier molecular flexibility index (Phi) is 3.37. The zero-order valence-corrected chi connectivity index (χ0v) is 12.0. The molecular formula is C14H15ClN2O4. The average Bonchev–Trinajstić information content (AvgIpc) is 2.96. The van der Waals surface area contributed by atoms with Crippen molar-refractivity contribution < 1.29 is 19.8 Å². The van der Waals surface area contributed by atoms with E-state index in [0.717, 1.165) is 6.42 Å². The van der Waals surface area contributed by atoms with Crippen molar-refractivity contribution in [2.45, 2.75) is 30.8 Å². The summed E-state index contributed by atoms with van der Waals surface area (Å²) < 4.78 is 0. The third kappa shape index (κ3) is 2.01. The molecule has 0 aromatic carbocycles. The van der Waals surface area contributed by atoms with E-state index in [-0.39, 0.29) is 11.6 Å². The summed E-state index contributed by atoms with van der Waals surface area (Å²) in [4.78, 5) is 29.1. The van der Waals surface area contributed by atoms with E-state index in [0.29, 0.717) is 18.5 Å². The summed E-state index contributed by atoms with van der Waals surface area (Å²) in [5.74, 6) is -2.73. The van der Waals surface area contributed by atoms with Gasteiger partial charge in [0, 0.05) is 11.8 Å². The molecule has 0 radical (unpaired) electrons. The highest BCUT2D eigenvalue weighted by molar-refractivity contribution is 6.30. The highest BCUT2D eigenvalue weighted by atomic mass is 35.5. The summed E-state index contributed by atoms with van der Waals surface area (Å²) in [5.41, 5.74) is -0.496. The molecule has 1 aromatic rings. The Morgan fingerprint density at radius 1 is 1.43 bits per heavy atom. The normalized spacial score (nSPS) is 32.0. The van der Waals surface area contributed by atoms with Crippen molar-refractivity contribution in [3.05, 3.63) is 29.0 Å². The van der Waals surface area contributed by atoms with Gasteiger partial charge >= 0.3 is 11.9 Å². The first kappa shape index (κ1) is 14.3. The molecule has 0 unspecified atom stereocenters. The van der Waals surface area contributed by atoms with Gasteiger partial charge in [-0.2, -0.15) is 0 Å². The Balaban J connectivity index is 2.10. The molecule has 2 N–H and O–H groups in total. The quantitative estimate of drug-likeness (QED) is 0.827. The first-order chi connectivity index (χ1) is 9.97. The fraction of sp³-hybridized carbons (Fsp3) is 0.500. The van der Waals surface area contributed by atoms with Crippen molar-refractivity contribution in [1.29, 1.82) is 0 Å². The van der Waals surface area contributed by atoms with E-state index in [1.807, 2.05) is 0 Å². The van der Waals surface area contributed by atoms with Crippen LogP contribution in [0.1, 0.15) is 30.9 Å². The molecule has 21 heavy (non-hydrogen) atoms. The summed E-state index contributed by atoms with van der Waals surface area (Å²) in [5, 5.41) is 19.4. The molecule has 0 bridgehead atoms. The van der Waals surface area contributed by atoms with Crippen molar-refractivity contribution in [3.8, 4) is 0 Å². The van der Waals surface area contributed by atoms with Gasteiger partial charge in [-0.3, -0.25) is 14.5 Å². The van der Waals surface area contributed by atoms with Crippen LogP contribution in [0.3, 0.4) is 0 Å². The minimum absolute atomic E-state index is 0.105. The molecule has 0 saturated carbocycles. The van der Waals surface area contributed by atoms with E-state index in [1.165, 1.54) is 6.20 Å². The molecular weight excluding hydrogens is 296 g/mol. The lowest BCUT2D eigenvalue weighted by molar-refractivity contribution is -0.148. The van der Waals surface area contributed by atoms with Crippen LogP contribution in [-0.4, -0.2) is 44.1 Å². The molecule has 2 saturated heterocycles. The van der Waals surface area contributed by atoms with Crippen LogP contribution in [0, 0.1) is 5.92 Å². The molecule has 3 heterocycles. The number of carbonyl (C=O) groups is 2. The van der Waals surface area contributed by atoms with E-state index in [2.05, 4.69) is 4.98 Å². The van der Waals surface area contributed by atoms with Crippen LogP contribution in [0.4, 0.5) is 0 Å². The van der Waals surface area contributed by atoms with Gasteiger partial charge in [-0.05, 0) is 31.9 Å². The highest BCUT2D eigenvalue weighted by Crippen LogP contribution is 2.52. The van der Waals surface area contributed by atoms with Crippen LogP contribution in [0.2, 0.25) is 5.15 Å². The maximum absolute atomic E-state index is 11.8. The number of carboxylic acid groups (broad SMARTS) is 2. The predicted molar refractivity (Wildman–Crippen MR) is 74.0 cm³/mol. The topological polar surface area (TPSA) is 90.7 Å². The van der Waals surface area contributed by atoms with Gasteiger partial charge in [0.05, 0.1) is 12.0 Å². The summed E-state index contributed by atoms with van der Waals surface area (Å²) in [6.45, 7) is 0.561. The summed E-state index contributed by atoms with van der Waals surface area (Å²) in [6, 6.07) is 2.88. The number of rotatable bonds is 3. The molecule has 0 spiro atoms. The van der Waals surface area contributed by atoms with Crippen LogP contribution in [0.25, 0.3) is 0 Å². The molecule has 112 valence electrons. The van der Waals surface area contributed by atoms with Crippen molar-refractivity contribution in [2.24, 2.45) is 5.92 Å². The lowest BCUT2D eigenvalue weighted by Crippen LogP contribution is -2.46. The number of pyridine rings is 1. The number of hydrogen-bond donors (Lipinski definition) is 2. The van der Waals surface area contributed by atoms with Gasteiger partial charge in [-0.15, -0.1) is 0 Å². The minimum atomic E-state index is -1.09. The number of aromatic nitrogens is 1. The van der Waals surface area contributed by atoms with Crippen LogP contribution in [0.5, 0.6) is 0 Å². The third-order valence-electron chi connectivity index (χ3n) is 4.64. The van der Waals surface area contributed by atoms with Crippen LogP contribution in [-0.2, 0) is 9.59 Å². The molecule has 6 nitrogen and oxygen atoms in total. The van der Waals surface area contributed by atoms with Crippen LogP contribution < -0.4 is 0 Å². The third-order valence-corrected chi connectivity index (χ3v) is 4.95. The van der Waals surface area contributed by atoms with E-state index in [9.17, 15) is 19.8 Å². The minimum Gasteiger partial charge on any atom is -0.481 e. The maximum atomic E-state index is 11.8. The van der Waals surface area contributed by atoms with E-state index in [1.54, 1.807) is 17.0 Å². The summed E-state index contributed by atoms with van der Waals surface area (Å²) >= 11 is 6.11. The lowest BCUT2D eigenvalue weighted by Gasteiger charge is -2.31. The van der Waals surface area contributed by atoms with E-state index < -0.39 is 29.4 Å². The van der Waals surface area contributed by atoms with Gasteiger partial charge in [0.15, 0.2) is 0 Å². The number of fused-ring (bicyclic) bond motifs is 1. The first-order valence-electron chi connectivity index (χ1n) is 6.81. The number of halogens is 1. The monoisotopic (exact) mass is 310 g/mol. The fourth-order valence-corrected chi connectivity index (χ4v) is 3.99. The Morgan fingerprint density at radius 3 is 2.81 bits per heavy atom. The van der Waals surface area contributed by atoms with Crippen LogP contribution >= 0.6 is 11.6 Å². The lowest BCUT2D eigenvalue weighted by atomic mass is 9.87. The van der Waals surface area contributed by atoms with Crippen LogP contribution in [0.15, 0.2) is 18.3 Å². The second kappa shape index (κ2) is 4.96. The predicted octanol–water partition coefficient (Wildman–Crippen LogP) is 1.80. The smallest absolute Gasteiger partial charge is 0.324 e. The number of nitrogens with zero attached hydrogens (tertiary/aromatic N) is 2. The van der Waals surface area contributed by atoms with Crippen molar-refractivity contribution in [1.82, 2.24) is 9.88 Å². The average molecular weight is 311 g/mol. The number of hydrogen-bond acceptors (Lipinski definition) is 4. The Bertz CT molecular complexity index is 608. The molecule has 3 atom stereocenters. The molecule has 0 amide bonds. The Labute approximate surface area is 126 Å². The Morgan fingerprint density at radius 2 is 2.19 bits per heavy atom. The van der Waals surface area contributed by atoms with Gasteiger partial charge in [0.1, 0.15) is 10.7 Å². The zero-order valence-electron chi connectivity index (χ0n) is 11.2. The number of carboxylic acids is 2. The standard InChI is InChI=1S/C14H15ClN2O4/c15-11-8(3-1-5-16-11)10-9(12(18)19)7-14(13(20)21)4-2-6-17(10)14/h1,3,5,9-10H,2,4,6-7H2,(H,18,19)(H,20,21)/t9-,10-,14+/m1/s1. The van der Waals surface area contributed by atoms with Crippen molar-refractivity contribution >= 4 is 23.5 Å². The largest absolute Gasteiger partial charge is 0.481 e. The van der Waals surface area contributed by atoms with Gasteiger partial charge in [-0.1, -0.05) is 17.7 Å². The highest BCUT2D eigenvalue weighted by Gasteiger charge is 2.61. The molecule has 0 aliphatic carbocycles. The van der Waals surface area contributed by atoms with Crippen molar-refractivity contribution in [3.63, 3.8) is 0 Å². The zero-order chi connectivity index (χ0) is 15.2. The van der Waals surface area contributed by atoms with Gasteiger partial charge in [-0.25, -0.2) is 4.98 Å². The molecule has 2 aliphatic rings. The van der Waals surface area contributed by atoms with Gasteiger partial charge < -0.3 is 10.2 Å². The molecule has 1 aromatic heterocycles. The molecule has 2 aliphatic heterocycles. The Hall–Kier alpha value is -1.66. The fourth-order valence-electron chi connectivity index (χ4n) is 3.76. The molecule has 2 fully saturated rings. The maximum Gasteiger partial charge on any atom is 0.324 e. The van der Waals surface area contributed by atoms with E-state index in [4.69, 9.17) is 11.6 Å². The second-order valence-corrected chi connectivity index (χ2v) is 5.97.